The van der Waals surface area contributed by atoms with Gasteiger partial charge in [-0.15, -0.1) is 0 Å². The molecular formula is C18H25NO4. The molecule has 0 unspecified atom stereocenters. The number of aliphatic carboxylic acids is 1. The minimum absolute atomic E-state index is 0.0327. The molecule has 0 atom stereocenters. The van der Waals surface area contributed by atoms with Gasteiger partial charge in [-0.3, -0.25) is 14.5 Å². The number of rotatable bonds is 7. The van der Waals surface area contributed by atoms with E-state index in [0.29, 0.717) is 19.4 Å². The summed E-state index contributed by atoms with van der Waals surface area (Å²) < 4.78 is 5.03. The molecule has 1 fully saturated rings. The number of benzene rings is 1. The second-order valence-corrected chi connectivity index (χ2v) is 6.31. The molecule has 5 heteroatoms. The molecule has 1 aromatic rings. The molecule has 1 aliphatic rings. The summed E-state index contributed by atoms with van der Waals surface area (Å²) in [5, 5.41) is 9.21. The number of esters is 1. The molecule has 0 saturated carbocycles. The number of likely N-dealkylation sites (tertiary alicyclic amines) is 1. The summed E-state index contributed by atoms with van der Waals surface area (Å²) in [5.41, 5.74) is 0.786. The Kier molecular flexibility index (Phi) is 6.16. The maximum Gasteiger partial charge on any atom is 0.306 e. The van der Waals surface area contributed by atoms with Crippen molar-refractivity contribution in [2.24, 2.45) is 5.41 Å². The maximum absolute atomic E-state index is 11.8. The Morgan fingerprint density at radius 3 is 2.39 bits per heavy atom. The molecular weight excluding hydrogens is 294 g/mol. The number of hydrogen-bond donors (Lipinski definition) is 1. The largest absolute Gasteiger partial charge is 0.481 e. The van der Waals surface area contributed by atoms with E-state index in [1.165, 1.54) is 5.56 Å². The lowest BCUT2D eigenvalue weighted by atomic mass is 9.73. The zero-order valence-corrected chi connectivity index (χ0v) is 13.7. The molecule has 0 radical (unpaired) electrons. The molecule has 0 aromatic heterocycles. The van der Waals surface area contributed by atoms with Crippen LogP contribution in [0.25, 0.3) is 0 Å². The van der Waals surface area contributed by atoms with Crippen LogP contribution >= 0.6 is 0 Å². The zero-order valence-electron chi connectivity index (χ0n) is 13.7. The lowest BCUT2D eigenvalue weighted by Crippen LogP contribution is -2.42. The van der Waals surface area contributed by atoms with Gasteiger partial charge in [-0.05, 0) is 43.8 Å². The van der Waals surface area contributed by atoms with Gasteiger partial charge in [0.1, 0.15) is 0 Å². The minimum Gasteiger partial charge on any atom is -0.481 e. The predicted octanol–water partition coefficient (Wildman–Crippen LogP) is 2.70. The lowest BCUT2D eigenvalue weighted by Gasteiger charge is -2.40. The summed E-state index contributed by atoms with van der Waals surface area (Å²) in [6.07, 6.45) is 1.66. The van der Waals surface area contributed by atoms with Gasteiger partial charge in [-0.25, -0.2) is 0 Å². The van der Waals surface area contributed by atoms with Crippen molar-refractivity contribution in [3.8, 4) is 0 Å². The van der Waals surface area contributed by atoms with Crippen LogP contribution in [0, 0.1) is 5.41 Å². The maximum atomic E-state index is 11.8. The Bertz CT molecular complexity index is 521. The second-order valence-electron chi connectivity index (χ2n) is 6.31. The van der Waals surface area contributed by atoms with Crippen molar-refractivity contribution in [2.75, 3.05) is 19.7 Å². The molecule has 1 heterocycles. The monoisotopic (exact) mass is 319 g/mol. The van der Waals surface area contributed by atoms with Crippen LogP contribution in [-0.2, 0) is 20.9 Å². The number of carbonyl (C=O) groups is 2. The first-order chi connectivity index (χ1) is 11.0. The van der Waals surface area contributed by atoms with Crippen molar-refractivity contribution in [1.29, 1.82) is 0 Å². The third kappa shape index (κ3) is 5.36. The highest BCUT2D eigenvalue weighted by molar-refractivity contribution is 5.73. The van der Waals surface area contributed by atoms with Crippen LogP contribution in [0.2, 0.25) is 0 Å². The molecule has 0 amide bonds. The van der Waals surface area contributed by atoms with Crippen LogP contribution in [0.4, 0.5) is 0 Å². The van der Waals surface area contributed by atoms with Crippen molar-refractivity contribution in [3.05, 3.63) is 35.9 Å². The summed E-state index contributed by atoms with van der Waals surface area (Å²) in [6.45, 7) is 4.58. The Hall–Kier alpha value is -1.88. The van der Waals surface area contributed by atoms with Crippen LogP contribution in [0.3, 0.4) is 0 Å². The first-order valence-electron chi connectivity index (χ1n) is 8.17. The van der Waals surface area contributed by atoms with Crippen molar-refractivity contribution >= 4 is 11.9 Å². The predicted molar refractivity (Wildman–Crippen MR) is 86.9 cm³/mol. The van der Waals surface area contributed by atoms with E-state index in [1.807, 2.05) is 18.2 Å². The van der Waals surface area contributed by atoms with Gasteiger partial charge >= 0.3 is 11.9 Å². The van der Waals surface area contributed by atoms with E-state index in [9.17, 15) is 14.7 Å². The third-order valence-corrected chi connectivity index (χ3v) is 4.52. The van der Waals surface area contributed by atoms with E-state index in [1.54, 1.807) is 6.92 Å². The summed E-state index contributed by atoms with van der Waals surface area (Å²) in [4.78, 5) is 25.4. The van der Waals surface area contributed by atoms with Crippen LogP contribution in [0.5, 0.6) is 0 Å². The molecule has 2 rings (SSSR count). The zero-order chi connectivity index (χ0) is 16.7. The summed E-state index contributed by atoms with van der Waals surface area (Å²) in [6, 6.07) is 10.2. The number of carbonyl (C=O) groups excluding carboxylic acids is 1. The van der Waals surface area contributed by atoms with E-state index in [4.69, 9.17) is 4.74 Å². The second kappa shape index (κ2) is 8.11. The fraction of sp³-hybridized carbons (Fsp3) is 0.556. The van der Waals surface area contributed by atoms with Crippen LogP contribution in [0.15, 0.2) is 30.3 Å². The number of carboxylic acid groups (broad SMARTS) is 1. The van der Waals surface area contributed by atoms with Crippen molar-refractivity contribution in [1.82, 2.24) is 4.90 Å². The van der Waals surface area contributed by atoms with Gasteiger partial charge in [0.05, 0.1) is 19.4 Å². The summed E-state index contributed by atoms with van der Waals surface area (Å²) in [7, 11) is 0. The molecule has 1 N–H and O–H groups in total. The lowest BCUT2D eigenvalue weighted by molar-refractivity contribution is -0.149. The van der Waals surface area contributed by atoms with Crippen LogP contribution < -0.4 is 0 Å². The molecule has 0 bridgehead atoms. The first kappa shape index (κ1) is 17.5. The van der Waals surface area contributed by atoms with Crippen LogP contribution in [0.1, 0.15) is 38.2 Å². The van der Waals surface area contributed by atoms with Gasteiger partial charge in [0.2, 0.25) is 0 Å². The molecule has 0 spiro atoms. The number of nitrogens with zero attached hydrogens (tertiary/aromatic N) is 1. The number of piperidine rings is 1. The van der Waals surface area contributed by atoms with E-state index < -0.39 is 11.4 Å². The highest BCUT2D eigenvalue weighted by Crippen LogP contribution is 2.39. The molecule has 1 saturated heterocycles. The Morgan fingerprint density at radius 1 is 1.17 bits per heavy atom. The summed E-state index contributed by atoms with van der Waals surface area (Å²) in [5.74, 6) is -1.13. The van der Waals surface area contributed by atoms with E-state index in [0.717, 1.165) is 19.6 Å². The molecule has 5 nitrogen and oxygen atoms in total. The average molecular weight is 319 g/mol. The van der Waals surface area contributed by atoms with Crippen molar-refractivity contribution in [3.63, 3.8) is 0 Å². The molecule has 0 aliphatic carbocycles. The van der Waals surface area contributed by atoms with Crippen LogP contribution in [-0.4, -0.2) is 41.6 Å². The Labute approximate surface area is 137 Å². The first-order valence-corrected chi connectivity index (χ1v) is 8.17. The van der Waals surface area contributed by atoms with Gasteiger partial charge < -0.3 is 9.84 Å². The SMILES string of the molecule is CCOC(=O)CC1(CC(=O)O)CCN(Cc2ccccc2)CC1. The Balaban J connectivity index is 1.95. The third-order valence-electron chi connectivity index (χ3n) is 4.52. The van der Waals surface area contributed by atoms with Crippen molar-refractivity contribution in [2.45, 2.75) is 39.2 Å². The number of ether oxygens (including phenoxy) is 1. The fourth-order valence-corrected chi connectivity index (χ4v) is 3.28. The standard InChI is InChI=1S/C18H25NO4/c1-2-23-17(22)13-18(12-16(20)21)8-10-19(11-9-18)14-15-6-4-3-5-7-15/h3-7H,2,8-14H2,1H3,(H,20,21). The molecule has 23 heavy (non-hydrogen) atoms. The number of carboxylic acids is 1. The normalized spacial score (nSPS) is 17.6. The van der Waals surface area contributed by atoms with Gasteiger partial charge in [0.15, 0.2) is 0 Å². The van der Waals surface area contributed by atoms with Gasteiger partial charge in [-0.1, -0.05) is 30.3 Å². The number of hydrogen-bond acceptors (Lipinski definition) is 4. The fourth-order valence-electron chi connectivity index (χ4n) is 3.28. The highest BCUT2D eigenvalue weighted by atomic mass is 16.5. The van der Waals surface area contributed by atoms with E-state index in [-0.39, 0.29) is 18.8 Å². The smallest absolute Gasteiger partial charge is 0.306 e. The molecule has 1 aromatic carbocycles. The van der Waals surface area contributed by atoms with E-state index in [2.05, 4.69) is 17.0 Å². The average Bonchev–Trinajstić information content (AvgIpc) is 2.50. The Morgan fingerprint density at radius 2 is 1.83 bits per heavy atom. The summed E-state index contributed by atoms with van der Waals surface area (Å²) >= 11 is 0. The van der Waals surface area contributed by atoms with Gasteiger partial charge in [0, 0.05) is 6.54 Å². The molecule has 1 aliphatic heterocycles. The quantitative estimate of drug-likeness (QED) is 0.783. The molecule has 126 valence electrons. The van der Waals surface area contributed by atoms with Crippen molar-refractivity contribution < 1.29 is 19.4 Å². The van der Waals surface area contributed by atoms with E-state index >= 15 is 0 Å². The topological polar surface area (TPSA) is 66.8 Å². The van der Waals surface area contributed by atoms with Gasteiger partial charge in [0.25, 0.3) is 0 Å². The highest BCUT2D eigenvalue weighted by Gasteiger charge is 2.38. The minimum atomic E-state index is -0.842. The van der Waals surface area contributed by atoms with Gasteiger partial charge in [-0.2, -0.15) is 0 Å².